The van der Waals surface area contributed by atoms with E-state index < -0.39 is 0 Å². The summed E-state index contributed by atoms with van der Waals surface area (Å²) >= 11 is 0. The van der Waals surface area contributed by atoms with E-state index in [0.29, 0.717) is 18.6 Å². The smallest absolute Gasteiger partial charge is 0.234 e. The third-order valence-corrected chi connectivity index (χ3v) is 5.82. The number of amides is 1. The number of rotatable bonds is 4. The number of hydrogen-bond acceptors (Lipinski definition) is 3. The van der Waals surface area contributed by atoms with Crippen molar-refractivity contribution in [2.75, 3.05) is 19.8 Å². The molecule has 3 aliphatic carbocycles. The number of carbonyl (C=O) groups is 1. The fourth-order valence-corrected chi connectivity index (χ4v) is 4.93. The summed E-state index contributed by atoms with van der Waals surface area (Å²) in [5.74, 6) is 3.95. The summed E-state index contributed by atoms with van der Waals surface area (Å²) in [6.07, 6.45) is 6.29. The van der Waals surface area contributed by atoms with Crippen molar-refractivity contribution < 1.29 is 9.53 Å². The molecule has 4 rings (SSSR count). The molecule has 0 spiro atoms. The lowest BCUT2D eigenvalue weighted by molar-refractivity contribution is -0.121. The van der Waals surface area contributed by atoms with Crippen LogP contribution >= 0.6 is 0 Å². The predicted octanol–water partition coefficient (Wildman–Crippen LogP) is 0.916. The minimum Gasteiger partial charge on any atom is -0.381 e. The molecule has 4 nitrogen and oxygen atoms in total. The van der Waals surface area contributed by atoms with E-state index in [1.54, 1.807) is 0 Å². The van der Waals surface area contributed by atoms with Crippen LogP contribution in [0.5, 0.6) is 0 Å². The van der Waals surface area contributed by atoms with Crippen molar-refractivity contribution in [3.8, 4) is 0 Å². The SMILES string of the molecule is O=C(CNC1C2C3CCC(C3)C12)NC1CCOCC1. The van der Waals surface area contributed by atoms with Gasteiger partial charge in [0.05, 0.1) is 6.54 Å². The third kappa shape index (κ3) is 2.19. The molecular formula is C15H24N2O2. The maximum absolute atomic E-state index is 11.9. The lowest BCUT2D eigenvalue weighted by atomic mass is 10.0. The highest BCUT2D eigenvalue weighted by Crippen LogP contribution is 2.65. The van der Waals surface area contributed by atoms with Crippen LogP contribution < -0.4 is 10.6 Å². The molecule has 0 aromatic heterocycles. The Morgan fingerprint density at radius 3 is 2.42 bits per heavy atom. The molecule has 1 aliphatic heterocycles. The first kappa shape index (κ1) is 12.2. The van der Waals surface area contributed by atoms with Crippen LogP contribution in [0, 0.1) is 23.7 Å². The normalized spacial score (nSPS) is 44.1. The van der Waals surface area contributed by atoms with Crippen LogP contribution in [0.3, 0.4) is 0 Å². The molecule has 1 amide bonds. The minimum atomic E-state index is 0.171. The van der Waals surface area contributed by atoms with E-state index >= 15 is 0 Å². The van der Waals surface area contributed by atoms with Crippen molar-refractivity contribution in [1.82, 2.24) is 10.6 Å². The number of nitrogens with one attached hydrogen (secondary N) is 2. The molecule has 4 atom stereocenters. The summed E-state index contributed by atoms with van der Waals surface area (Å²) in [7, 11) is 0. The quantitative estimate of drug-likeness (QED) is 0.794. The van der Waals surface area contributed by atoms with Crippen molar-refractivity contribution in [1.29, 1.82) is 0 Å². The summed E-state index contributed by atoms with van der Waals surface area (Å²) in [4.78, 5) is 11.9. The Morgan fingerprint density at radius 1 is 1.05 bits per heavy atom. The van der Waals surface area contributed by atoms with Gasteiger partial charge in [0.15, 0.2) is 0 Å². The van der Waals surface area contributed by atoms with Crippen molar-refractivity contribution >= 4 is 5.91 Å². The first-order valence-electron chi connectivity index (χ1n) is 7.93. The molecule has 0 aromatic carbocycles. The molecule has 4 unspecified atom stereocenters. The maximum atomic E-state index is 11.9. The minimum absolute atomic E-state index is 0.171. The predicted molar refractivity (Wildman–Crippen MR) is 71.6 cm³/mol. The van der Waals surface area contributed by atoms with E-state index in [0.717, 1.165) is 49.7 Å². The van der Waals surface area contributed by atoms with Crippen LogP contribution in [0.25, 0.3) is 0 Å². The molecule has 19 heavy (non-hydrogen) atoms. The van der Waals surface area contributed by atoms with Crippen LogP contribution in [0.4, 0.5) is 0 Å². The van der Waals surface area contributed by atoms with Gasteiger partial charge in [-0.2, -0.15) is 0 Å². The highest BCUT2D eigenvalue weighted by molar-refractivity contribution is 5.78. The molecule has 2 N–H and O–H groups in total. The Labute approximate surface area is 114 Å². The zero-order chi connectivity index (χ0) is 12.8. The molecule has 3 saturated carbocycles. The van der Waals surface area contributed by atoms with Gasteiger partial charge in [0.25, 0.3) is 0 Å². The van der Waals surface area contributed by atoms with Gasteiger partial charge in [-0.1, -0.05) is 0 Å². The molecule has 4 heteroatoms. The standard InChI is InChI=1S/C15H24N2O2/c18-12(17-11-3-5-19-6-4-11)8-16-15-13-9-1-2-10(7-9)14(13)15/h9-11,13-16H,1-8H2,(H,17,18). The van der Waals surface area contributed by atoms with Gasteiger partial charge in [-0.15, -0.1) is 0 Å². The van der Waals surface area contributed by atoms with Gasteiger partial charge < -0.3 is 15.4 Å². The second-order valence-electron chi connectivity index (χ2n) is 6.85. The van der Waals surface area contributed by atoms with E-state index in [2.05, 4.69) is 10.6 Å². The Balaban J connectivity index is 1.20. The summed E-state index contributed by atoms with van der Waals surface area (Å²) in [5.41, 5.74) is 0. The molecule has 2 bridgehead atoms. The third-order valence-electron chi connectivity index (χ3n) is 5.82. The largest absolute Gasteiger partial charge is 0.381 e. The second-order valence-corrected chi connectivity index (χ2v) is 6.85. The van der Waals surface area contributed by atoms with E-state index in [9.17, 15) is 4.79 Å². The Bertz CT molecular complexity index is 351. The summed E-state index contributed by atoms with van der Waals surface area (Å²) < 4.78 is 5.30. The number of ether oxygens (including phenoxy) is 1. The van der Waals surface area contributed by atoms with Gasteiger partial charge in [-0.25, -0.2) is 0 Å². The Morgan fingerprint density at radius 2 is 1.74 bits per heavy atom. The van der Waals surface area contributed by atoms with Gasteiger partial charge in [0, 0.05) is 25.3 Å². The average Bonchev–Trinajstić information content (AvgIpc) is 2.81. The van der Waals surface area contributed by atoms with E-state index in [1.165, 1.54) is 19.3 Å². The molecular weight excluding hydrogens is 240 g/mol. The van der Waals surface area contributed by atoms with Crippen molar-refractivity contribution in [3.63, 3.8) is 0 Å². The molecule has 4 fully saturated rings. The van der Waals surface area contributed by atoms with Crippen LogP contribution in [-0.2, 0) is 9.53 Å². The first-order chi connectivity index (χ1) is 9.33. The second kappa shape index (κ2) is 4.74. The highest BCUT2D eigenvalue weighted by Gasteiger charge is 2.64. The lowest BCUT2D eigenvalue weighted by Gasteiger charge is -2.23. The summed E-state index contributed by atoms with van der Waals surface area (Å²) in [6.45, 7) is 2.08. The first-order valence-corrected chi connectivity index (χ1v) is 7.93. The van der Waals surface area contributed by atoms with Crippen molar-refractivity contribution in [2.24, 2.45) is 23.7 Å². The number of hydrogen-bond donors (Lipinski definition) is 2. The van der Waals surface area contributed by atoms with Crippen LogP contribution in [0.2, 0.25) is 0 Å². The van der Waals surface area contributed by atoms with Crippen LogP contribution in [0.15, 0.2) is 0 Å². The van der Waals surface area contributed by atoms with E-state index in [1.807, 2.05) is 0 Å². The van der Waals surface area contributed by atoms with Crippen LogP contribution in [0.1, 0.15) is 32.1 Å². The van der Waals surface area contributed by atoms with E-state index in [4.69, 9.17) is 4.74 Å². The van der Waals surface area contributed by atoms with Crippen LogP contribution in [-0.4, -0.2) is 37.7 Å². The zero-order valence-electron chi connectivity index (χ0n) is 11.4. The Kier molecular flexibility index (Phi) is 3.03. The Hall–Kier alpha value is -0.610. The van der Waals surface area contributed by atoms with Gasteiger partial charge >= 0.3 is 0 Å². The van der Waals surface area contributed by atoms with Gasteiger partial charge in [0.2, 0.25) is 5.91 Å². The summed E-state index contributed by atoms with van der Waals surface area (Å²) in [5, 5.41) is 6.63. The van der Waals surface area contributed by atoms with Crippen molar-refractivity contribution in [3.05, 3.63) is 0 Å². The number of fused-ring (bicyclic) bond motifs is 5. The molecule has 4 aliphatic rings. The van der Waals surface area contributed by atoms with Gasteiger partial charge in [-0.3, -0.25) is 4.79 Å². The zero-order valence-corrected chi connectivity index (χ0v) is 11.4. The lowest BCUT2D eigenvalue weighted by Crippen LogP contribution is -2.43. The fraction of sp³-hybridized carbons (Fsp3) is 0.933. The monoisotopic (exact) mass is 264 g/mol. The molecule has 106 valence electrons. The fourth-order valence-electron chi connectivity index (χ4n) is 4.93. The topological polar surface area (TPSA) is 50.4 Å². The average molecular weight is 264 g/mol. The maximum Gasteiger partial charge on any atom is 0.234 e. The molecule has 1 heterocycles. The van der Waals surface area contributed by atoms with Gasteiger partial charge in [-0.05, 0) is 55.8 Å². The van der Waals surface area contributed by atoms with Gasteiger partial charge in [0.1, 0.15) is 0 Å². The molecule has 1 saturated heterocycles. The van der Waals surface area contributed by atoms with E-state index in [-0.39, 0.29) is 5.91 Å². The molecule has 0 radical (unpaired) electrons. The molecule has 0 aromatic rings. The van der Waals surface area contributed by atoms with Crippen molar-refractivity contribution in [2.45, 2.75) is 44.2 Å². The summed E-state index contributed by atoms with van der Waals surface area (Å²) in [6, 6.07) is 0.990. The highest BCUT2D eigenvalue weighted by atomic mass is 16.5. The number of carbonyl (C=O) groups excluding carboxylic acids is 1.